The summed E-state index contributed by atoms with van der Waals surface area (Å²) in [6.45, 7) is 3.71. The number of aliphatic hydroxyl groups is 1. The van der Waals surface area contributed by atoms with Crippen LogP contribution in [0.25, 0.3) is 0 Å². The largest absolute Gasteiger partial charge is 0.491 e. The van der Waals surface area contributed by atoms with E-state index in [9.17, 15) is 5.11 Å². The molecule has 82 valence electrons. The lowest BCUT2D eigenvalue weighted by Crippen LogP contribution is -2.55. The van der Waals surface area contributed by atoms with E-state index < -0.39 is 11.1 Å². The van der Waals surface area contributed by atoms with Gasteiger partial charge in [-0.1, -0.05) is 22.0 Å². The summed E-state index contributed by atoms with van der Waals surface area (Å²) < 4.78 is 6.45. The van der Waals surface area contributed by atoms with E-state index in [0.29, 0.717) is 6.61 Å². The van der Waals surface area contributed by atoms with Crippen LogP contribution in [0.2, 0.25) is 0 Å². The Balaban J connectivity index is 2.53. The maximum atomic E-state index is 10.1. The third-order valence-electron chi connectivity index (χ3n) is 2.97. The highest BCUT2D eigenvalue weighted by Gasteiger charge is 2.48. The van der Waals surface area contributed by atoms with Crippen LogP contribution in [0.4, 0.5) is 0 Å². The first-order valence-electron chi connectivity index (χ1n) is 4.79. The highest BCUT2D eigenvalue weighted by atomic mass is 79.9. The first-order chi connectivity index (χ1) is 6.84. The zero-order chi connectivity index (χ0) is 11.3. The molecule has 0 spiro atoms. The molecule has 1 atom stereocenters. The topological polar surface area (TPSA) is 55.5 Å². The van der Waals surface area contributed by atoms with Gasteiger partial charge in [-0.3, -0.25) is 0 Å². The van der Waals surface area contributed by atoms with Crippen LogP contribution in [-0.2, 0) is 5.54 Å². The number of halogens is 1. The molecule has 0 bridgehead atoms. The zero-order valence-corrected chi connectivity index (χ0v) is 10.3. The zero-order valence-electron chi connectivity index (χ0n) is 8.75. The van der Waals surface area contributed by atoms with Gasteiger partial charge in [0.2, 0.25) is 0 Å². The van der Waals surface area contributed by atoms with Gasteiger partial charge in [-0.25, -0.2) is 0 Å². The maximum Gasteiger partial charge on any atom is 0.125 e. The predicted octanol–water partition coefficient (Wildman–Crippen LogP) is 1.77. The Morgan fingerprint density at radius 1 is 1.53 bits per heavy atom. The third-order valence-corrected chi connectivity index (χ3v) is 3.46. The molecule has 0 aromatic heterocycles. The molecule has 0 radical (unpaired) electrons. The van der Waals surface area contributed by atoms with Crippen molar-refractivity contribution < 1.29 is 9.84 Å². The summed E-state index contributed by atoms with van der Waals surface area (Å²) in [4.78, 5) is 0. The molecule has 2 rings (SSSR count). The van der Waals surface area contributed by atoms with Crippen LogP contribution in [0, 0.1) is 0 Å². The Labute approximate surface area is 97.4 Å². The first-order valence-corrected chi connectivity index (χ1v) is 5.58. The third kappa shape index (κ3) is 1.57. The van der Waals surface area contributed by atoms with Crippen LogP contribution >= 0.6 is 15.9 Å². The minimum Gasteiger partial charge on any atom is -0.491 e. The summed E-state index contributed by atoms with van der Waals surface area (Å²) in [5, 5.41) is 10.1. The summed E-state index contributed by atoms with van der Waals surface area (Å²) in [6.07, 6.45) is 0. The lowest BCUT2D eigenvalue weighted by molar-refractivity contribution is -0.0136. The molecular weight excluding hydrogens is 258 g/mol. The van der Waals surface area contributed by atoms with Crippen LogP contribution in [0.15, 0.2) is 22.7 Å². The molecule has 0 fully saturated rings. The average molecular weight is 272 g/mol. The van der Waals surface area contributed by atoms with Gasteiger partial charge in [0, 0.05) is 10.0 Å². The van der Waals surface area contributed by atoms with Crippen molar-refractivity contribution in [3.8, 4) is 5.75 Å². The fourth-order valence-electron chi connectivity index (χ4n) is 1.76. The van der Waals surface area contributed by atoms with E-state index in [-0.39, 0.29) is 0 Å². The van der Waals surface area contributed by atoms with Crippen molar-refractivity contribution in [3.63, 3.8) is 0 Å². The van der Waals surface area contributed by atoms with Crippen molar-refractivity contribution in [2.24, 2.45) is 5.73 Å². The van der Waals surface area contributed by atoms with Crippen LogP contribution in [-0.4, -0.2) is 17.3 Å². The molecule has 0 saturated heterocycles. The molecule has 3 nitrogen and oxygen atoms in total. The number of ether oxygens (including phenoxy) is 1. The minimum absolute atomic E-state index is 0.308. The van der Waals surface area contributed by atoms with Gasteiger partial charge >= 0.3 is 0 Å². The highest BCUT2D eigenvalue weighted by Crippen LogP contribution is 2.42. The smallest absolute Gasteiger partial charge is 0.125 e. The van der Waals surface area contributed by atoms with Gasteiger partial charge in [-0.15, -0.1) is 0 Å². The average Bonchev–Trinajstić information content (AvgIpc) is 2.43. The van der Waals surface area contributed by atoms with Crippen molar-refractivity contribution in [3.05, 3.63) is 28.2 Å². The molecule has 0 amide bonds. The molecule has 1 aliphatic rings. The Morgan fingerprint density at radius 3 is 2.80 bits per heavy atom. The SMILES string of the molecule is CC(C)(O)C1(N)COc2cc(Br)ccc21. The van der Waals surface area contributed by atoms with Crippen molar-refractivity contribution in [2.75, 3.05) is 6.61 Å². The summed E-state index contributed by atoms with van der Waals surface area (Å²) in [6, 6.07) is 5.67. The van der Waals surface area contributed by atoms with E-state index in [1.807, 2.05) is 18.2 Å². The highest BCUT2D eigenvalue weighted by molar-refractivity contribution is 9.10. The van der Waals surface area contributed by atoms with E-state index in [2.05, 4.69) is 15.9 Å². The number of hydrogen-bond donors (Lipinski definition) is 2. The summed E-state index contributed by atoms with van der Waals surface area (Å²) in [5.74, 6) is 0.744. The molecular formula is C11H14BrNO2. The van der Waals surface area contributed by atoms with Crippen LogP contribution in [0.3, 0.4) is 0 Å². The number of fused-ring (bicyclic) bond motifs is 1. The van der Waals surface area contributed by atoms with E-state index in [4.69, 9.17) is 10.5 Å². The molecule has 0 aliphatic carbocycles. The van der Waals surface area contributed by atoms with Crippen LogP contribution in [0.1, 0.15) is 19.4 Å². The number of hydrogen-bond acceptors (Lipinski definition) is 3. The number of benzene rings is 1. The van der Waals surface area contributed by atoms with Crippen LogP contribution < -0.4 is 10.5 Å². The van der Waals surface area contributed by atoms with Gasteiger partial charge in [0.1, 0.15) is 17.9 Å². The Kier molecular flexibility index (Phi) is 2.33. The predicted molar refractivity (Wildman–Crippen MR) is 61.8 cm³/mol. The van der Waals surface area contributed by atoms with Gasteiger partial charge in [0.25, 0.3) is 0 Å². The minimum atomic E-state index is -1.01. The molecule has 1 unspecified atom stereocenters. The lowest BCUT2D eigenvalue weighted by Gasteiger charge is -2.35. The first kappa shape index (κ1) is 10.9. The maximum absolute atomic E-state index is 10.1. The summed E-state index contributed by atoms with van der Waals surface area (Å²) in [5.41, 5.74) is 5.23. The van der Waals surface area contributed by atoms with Crippen molar-refractivity contribution in [1.29, 1.82) is 0 Å². The second kappa shape index (κ2) is 3.20. The normalized spacial score (nSPS) is 24.9. The fourth-order valence-corrected chi connectivity index (χ4v) is 2.10. The molecule has 4 heteroatoms. The molecule has 1 aromatic carbocycles. The van der Waals surface area contributed by atoms with E-state index in [1.165, 1.54) is 0 Å². The molecule has 1 aromatic rings. The van der Waals surface area contributed by atoms with Crippen molar-refractivity contribution in [1.82, 2.24) is 0 Å². The van der Waals surface area contributed by atoms with Gasteiger partial charge in [-0.2, -0.15) is 0 Å². The molecule has 1 aliphatic heterocycles. The summed E-state index contributed by atoms with van der Waals surface area (Å²) in [7, 11) is 0. The van der Waals surface area contributed by atoms with Gasteiger partial charge in [0.05, 0.1) is 5.60 Å². The second-order valence-electron chi connectivity index (χ2n) is 4.46. The van der Waals surface area contributed by atoms with E-state index >= 15 is 0 Å². The summed E-state index contributed by atoms with van der Waals surface area (Å²) >= 11 is 3.37. The standard InChI is InChI=1S/C11H14BrNO2/c1-10(2,14)11(13)6-15-9-5-7(12)3-4-8(9)11/h3-5,14H,6,13H2,1-2H3. The molecule has 1 heterocycles. The van der Waals surface area contributed by atoms with Crippen LogP contribution in [0.5, 0.6) is 5.75 Å². The monoisotopic (exact) mass is 271 g/mol. The molecule has 0 saturated carbocycles. The molecule has 15 heavy (non-hydrogen) atoms. The van der Waals surface area contributed by atoms with E-state index in [1.54, 1.807) is 13.8 Å². The Hall–Kier alpha value is -0.580. The van der Waals surface area contributed by atoms with E-state index in [0.717, 1.165) is 15.8 Å². The van der Waals surface area contributed by atoms with Gasteiger partial charge < -0.3 is 15.6 Å². The Bertz CT molecular complexity index is 400. The van der Waals surface area contributed by atoms with Crippen molar-refractivity contribution >= 4 is 15.9 Å². The van der Waals surface area contributed by atoms with Gasteiger partial charge in [0.15, 0.2) is 0 Å². The Morgan fingerprint density at radius 2 is 2.20 bits per heavy atom. The van der Waals surface area contributed by atoms with Gasteiger partial charge in [-0.05, 0) is 26.0 Å². The number of rotatable bonds is 1. The second-order valence-corrected chi connectivity index (χ2v) is 5.38. The quantitative estimate of drug-likeness (QED) is 0.819. The molecule has 3 N–H and O–H groups in total. The fraction of sp³-hybridized carbons (Fsp3) is 0.455. The lowest BCUT2D eigenvalue weighted by atomic mass is 9.79. The number of nitrogens with two attached hydrogens (primary N) is 1. The van der Waals surface area contributed by atoms with Crippen molar-refractivity contribution in [2.45, 2.75) is 25.0 Å².